The van der Waals surface area contributed by atoms with Crippen LogP contribution in [0.5, 0.6) is 0 Å². The second-order valence-corrected chi connectivity index (χ2v) is 7.94. The van der Waals surface area contributed by atoms with Crippen molar-refractivity contribution in [2.75, 3.05) is 18.8 Å². The summed E-state index contributed by atoms with van der Waals surface area (Å²) in [5.41, 5.74) is 2.23. The number of halogens is 1. The molecule has 0 saturated carbocycles. The topological polar surface area (TPSA) is 70.6 Å². The van der Waals surface area contributed by atoms with Crippen molar-refractivity contribution in [1.82, 2.24) is 10.6 Å². The van der Waals surface area contributed by atoms with Gasteiger partial charge < -0.3 is 10.6 Å². The second kappa shape index (κ2) is 9.33. The third kappa shape index (κ3) is 5.84. The van der Waals surface area contributed by atoms with Gasteiger partial charge in [0.25, 0.3) is 0 Å². The van der Waals surface area contributed by atoms with Crippen LogP contribution in [-0.4, -0.2) is 33.2 Å². The smallest absolute Gasteiger partial charge is 0.191 e. The molecule has 26 heavy (non-hydrogen) atoms. The van der Waals surface area contributed by atoms with Crippen LogP contribution in [0.4, 0.5) is 4.39 Å². The van der Waals surface area contributed by atoms with Gasteiger partial charge in [-0.15, -0.1) is 0 Å². The number of benzene rings is 2. The number of aryl methyl sites for hydroxylation is 1. The van der Waals surface area contributed by atoms with Crippen molar-refractivity contribution in [3.8, 4) is 0 Å². The molecule has 7 heteroatoms. The predicted molar refractivity (Wildman–Crippen MR) is 102 cm³/mol. The van der Waals surface area contributed by atoms with E-state index < -0.39 is 15.7 Å². The maximum absolute atomic E-state index is 13.7. The quantitative estimate of drug-likeness (QED) is 0.575. The van der Waals surface area contributed by atoms with Gasteiger partial charge in [0.2, 0.25) is 0 Å². The lowest BCUT2D eigenvalue weighted by molar-refractivity contribution is 0.566. The van der Waals surface area contributed by atoms with E-state index in [0.717, 1.165) is 17.2 Å². The third-order valence-electron chi connectivity index (χ3n) is 3.68. The van der Waals surface area contributed by atoms with Crippen LogP contribution in [-0.2, 0) is 16.4 Å². The Bertz CT molecular complexity index is 867. The maximum Gasteiger partial charge on any atom is 0.191 e. The summed E-state index contributed by atoms with van der Waals surface area (Å²) < 4.78 is 38.2. The molecule has 0 atom stereocenters. The Morgan fingerprint density at radius 2 is 1.88 bits per heavy atom. The summed E-state index contributed by atoms with van der Waals surface area (Å²) >= 11 is 0. The van der Waals surface area contributed by atoms with E-state index in [1.165, 1.54) is 18.2 Å². The van der Waals surface area contributed by atoms with Crippen LogP contribution in [0.3, 0.4) is 0 Å². The molecule has 0 spiro atoms. The van der Waals surface area contributed by atoms with Crippen molar-refractivity contribution in [2.24, 2.45) is 4.99 Å². The lowest BCUT2D eigenvalue weighted by Gasteiger charge is -2.12. The number of hydrogen-bond donors (Lipinski definition) is 2. The molecule has 2 aromatic rings. The highest BCUT2D eigenvalue weighted by Gasteiger charge is 2.18. The van der Waals surface area contributed by atoms with Gasteiger partial charge in [-0.1, -0.05) is 42.0 Å². The van der Waals surface area contributed by atoms with Gasteiger partial charge in [0.05, 0.1) is 12.3 Å². The fourth-order valence-corrected chi connectivity index (χ4v) is 3.68. The monoisotopic (exact) mass is 377 g/mol. The number of guanidine groups is 1. The molecule has 0 fully saturated rings. The summed E-state index contributed by atoms with van der Waals surface area (Å²) in [7, 11) is -3.69. The largest absolute Gasteiger partial charge is 0.357 e. The zero-order chi connectivity index (χ0) is 19.0. The Labute approximate surface area is 154 Å². The van der Waals surface area contributed by atoms with Gasteiger partial charge in [0, 0.05) is 13.1 Å². The SMILES string of the molecule is CCNC(=NCc1cccc(C)c1)NCCS(=O)(=O)c1ccccc1F. The Hall–Kier alpha value is -2.41. The summed E-state index contributed by atoms with van der Waals surface area (Å²) in [6.07, 6.45) is 0. The highest BCUT2D eigenvalue weighted by molar-refractivity contribution is 7.91. The number of sulfone groups is 1. The van der Waals surface area contributed by atoms with Crippen molar-refractivity contribution >= 4 is 15.8 Å². The minimum atomic E-state index is -3.69. The highest BCUT2D eigenvalue weighted by Crippen LogP contribution is 2.14. The van der Waals surface area contributed by atoms with Gasteiger partial charge in [-0.3, -0.25) is 0 Å². The third-order valence-corrected chi connectivity index (χ3v) is 5.42. The predicted octanol–water partition coefficient (Wildman–Crippen LogP) is 2.66. The van der Waals surface area contributed by atoms with E-state index in [1.807, 2.05) is 32.0 Å². The minimum Gasteiger partial charge on any atom is -0.357 e. The number of rotatable bonds is 7. The normalized spacial score (nSPS) is 12.0. The van der Waals surface area contributed by atoms with Gasteiger partial charge in [0.15, 0.2) is 15.8 Å². The van der Waals surface area contributed by atoms with E-state index in [2.05, 4.69) is 21.7 Å². The maximum atomic E-state index is 13.7. The summed E-state index contributed by atoms with van der Waals surface area (Å²) in [4.78, 5) is 4.19. The van der Waals surface area contributed by atoms with E-state index in [-0.39, 0.29) is 17.2 Å². The highest BCUT2D eigenvalue weighted by atomic mass is 32.2. The fraction of sp³-hybridized carbons (Fsp3) is 0.316. The zero-order valence-corrected chi connectivity index (χ0v) is 15.8. The minimum absolute atomic E-state index is 0.135. The van der Waals surface area contributed by atoms with Crippen LogP contribution >= 0.6 is 0 Å². The molecule has 0 aromatic heterocycles. The summed E-state index contributed by atoms with van der Waals surface area (Å²) in [5.74, 6) is -0.423. The molecule has 0 radical (unpaired) electrons. The average molecular weight is 377 g/mol. The molecule has 2 aromatic carbocycles. The van der Waals surface area contributed by atoms with Crippen molar-refractivity contribution in [2.45, 2.75) is 25.3 Å². The molecular formula is C19H24FN3O2S. The van der Waals surface area contributed by atoms with Gasteiger partial charge in [-0.2, -0.15) is 0 Å². The fourth-order valence-electron chi connectivity index (χ4n) is 2.43. The molecule has 0 aliphatic heterocycles. The number of nitrogens with zero attached hydrogens (tertiary/aromatic N) is 1. The van der Waals surface area contributed by atoms with Crippen molar-refractivity contribution in [3.63, 3.8) is 0 Å². The summed E-state index contributed by atoms with van der Waals surface area (Å²) in [5, 5.41) is 6.06. The Kier molecular flexibility index (Phi) is 7.15. The van der Waals surface area contributed by atoms with Gasteiger partial charge in [-0.25, -0.2) is 17.8 Å². The van der Waals surface area contributed by atoms with Crippen molar-refractivity contribution in [3.05, 3.63) is 65.5 Å². The molecule has 5 nitrogen and oxygen atoms in total. The molecule has 0 bridgehead atoms. The van der Waals surface area contributed by atoms with Gasteiger partial charge in [-0.05, 0) is 31.5 Å². The van der Waals surface area contributed by atoms with Gasteiger partial charge >= 0.3 is 0 Å². The van der Waals surface area contributed by atoms with Crippen LogP contribution < -0.4 is 10.6 Å². The average Bonchev–Trinajstić information content (AvgIpc) is 2.60. The molecule has 0 aliphatic carbocycles. The van der Waals surface area contributed by atoms with E-state index in [0.29, 0.717) is 19.0 Å². The molecule has 2 rings (SSSR count). The molecule has 0 unspecified atom stereocenters. The van der Waals surface area contributed by atoms with E-state index >= 15 is 0 Å². The van der Waals surface area contributed by atoms with Crippen LogP contribution in [0.1, 0.15) is 18.1 Å². The van der Waals surface area contributed by atoms with E-state index in [1.54, 1.807) is 0 Å². The Morgan fingerprint density at radius 1 is 1.12 bits per heavy atom. The van der Waals surface area contributed by atoms with Crippen LogP contribution in [0.2, 0.25) is 0 Å². The van der Waals surface area contributed by atoms with Crippen LogP contribution in [0.25, 0.3) is 0 Å². The first-order chi connectivity index (χ1) is 12.4. The zero-order valence-electron chi connectivity index (χ0n) is 15.0. The molecule has 2 N–H and O–H groups in total. The lowest BCUT2D eigenvalue weighted by Crippen LogP contribution is -2.39. The van der Waals surface area contributed by atoms with Crippen LogP contribution in [0, 0.1) is 12.7 Å². The van der Waals surface area contributed by atoms with Gasteiger partial charge in [0.1, 0.15) is 10.7 Å². The number of nitrogens with one attached hydrogen (secondary N) is 2. The summed E-state index contributed by atoms with van der Waals surface area (Å²) in [6.45, 7) is 5.22. The summed E-state index contributed by atoms with van der Waals surface area (Å²) in [6, 6.07) is 13.4. The lowest BCUT2D eigenvalue weighted by atomic mass is 10.1. The molecule has 0 amide bonds. The Balaban J connectivity index is 1.98. The molecule has 0 heterocycles. The number of aliphatic imine (C=N–C) groups is 1. The standard InChI is InChI=1S/C19H24FN3O2S/c1-3-21-19(23-14-16-8-6-7-15(2)13-16)22-11-12-26(24,25)18-10-5-4-9-17(18)20/h4-10,13H,3,11-12,14H2,1-2H3,(H2,21,22,23). The second-order valence-electron chi connectivity index (χ2n) is 5.86. The molecular weight excluding hydrogens is 353 g/mol. The molecule has 0 aliphatic rings. The van der Waals surface area contributed by atoms with Crippen molar-refractivity contribution < 1.29 is 12.8 Å². The van der Waals surface area contributed by atoms with E-state index in [4.69, 9.17) is 0 Å². The first-order valence-corrected chi connectivity index (χ1v) is 10.1. The first kappa shape index (κ1) is 19.9. The molecule has 140 valence electrons. The Morgan fingerprint density at radius 3 is 2.58 bits per heavy atom. The van der Waals surface area contributed by atoms with Crippen LogP contribution in [0.15, 0.2) is 58.4 Å². The molecule has 0 saturated heterocycles. The van der Waals surface area contributed by atoms with E-state index in [9.17, 15) is 12.8 Å². The van der Waals surface area contributed by atoms with Crippen molar-refractivity contribution in [1.29, 1.82) is 0 Å². The number of hydrogen-bond acceptors (Lipinski definition) is 3. The first-order valence-electron chi connectivity index (χ1n) is 8.47.